The Balaban J connectivity index is 1.92. The minimum absolute atomic E-state index is 0.0391. The van der Waals surface area contributed by atoms with Crippen LogP contribution in [0, 0.1) is 5.82 Å². The first-order valence-electron chi connectivity index (χ1n) is 5.97. The third kappa shape index (κ3) is 3.68. The highest BCUT2D eigenvalue weighted by atomic mass is 35.5. The van der Waals surface area contributed by atoms with Gasteiger partial charge in [-0.2, -0.15) is 0 Å². The minimum Gasteiger partial charge on any atom is -0.352 e. The van der Waals surface area contributed by atoms with Crippen molar-refractivity contribution in [2.24, 2.45) is 0 Å². The van der Waals surface area contributed by atoms with Crippen LogP contribution < -0.4 is 10.9 Å². The van der Waals surface area contributed by atoms with Gasteiger partial charge in [-0.15, -0.1) is 0 Å². The molecule has 0 saturated heterocycles. The van der Waals surface area contributed by atoms with Crippen LogP contribution in [0.1, 0.15) is 15.9 Å². The van der Waals surface area contributed by atoms with E-state index in [1.807, 2.05) is 0 Å². The molecule has 0 atom stereocenters. The van der Waals surface area contributed by atoms with Crippen LogP contribution in [-0.2, 0) is 6.42 Å². The largest absolute Gasteiger partial charge is 0.352 e. The summed E-state index contributed by atoms with van der Waals surface area (Å²) in [5.41, 5.74) is 0.627. The van der Waals surface area contributed by atoms with Crippen molar-refractivity contribution in [3.8, 4) is 0 Å². The Hall–Kier alpha value is -2.14. The molecule has 1 heterocycles. The number of aromatic nitrogens is 1. The molecule has 0 bridgehead atoms. The summed E-state index contributed by atoms with van der Waals surface area (Å²) in [7, 11) is 0. The first kappa shape index (κ1) is 14.3. The monoisotopic (exact) mass is 294 g/mol. The Morgan fingerprint density at radius 2 is 2.15 bits per heavy atom. The second-order valence-corrected chi connectivity index (χ2v) is 4.61. The lowest BCUT2D eigenvalue weighted by Gasteiger charge is -2.05. The maximum atomic E-state index is 13.0. The van der Waals surface area contributed by atoms with E-state index in [9.17, 15) is 14.0 Å². The number of rotatable bonds is 4. The molecule has 0 fully saturated rings. The van der Waals surface area contributed by atoms with Crippen LogP contribution in [0.3, 0.4) is 0 Å². The van der Waals surface area contributed by atoms with Gasteiger partial charge in [-0.05, 0) is 30.2 Å². The van der Waals surface area contributed by atoms with E-state index in [2.05, 4.69) is 10.3 Å². The van der Waals surface area contributed by atoms with Gasteiger partial charge in [-0.25, -0.2) is 4.39 Å². The van der Waals surface area contributed by atoms with Gasteiger partial charge < -0.3 is 10.3 Å². The van der Waals surface area contributed by atoms with Crippen LogP contribution in [-0.4, -0.2) is 17.4 Å². The van der Waals surface area contributed by atoms with Gasteiger partial charge in [0.2, 0.25) is 0 Å². The molecule has 6 heteroatoms. The van der Waals surface area contributed by atoms with Crippen LogP contribution >= 0.6 is 11.6 Å². The fourth-order valence-corrected chi connectivity index (χ4v) is 1.87. The van der Waals surface area contributed by atoms with E-state index >= 15 is 0 Å². The van der Waals surface area contributed by atoms with Crippen molar-refractivity contribution in [1.29, 1.82) is 0 Å². The molecule has 2 aromatic rings. The lowest BCUT2D eigenvalue weighted by atomic mass is 10.1. The topological polar surface area (TPSA) is 62.0 Å². The number of halogens is 2. The van der Waals surface area contributed by atoms with Gasteiger partial charge in [0, 0.05) is 12.7 Å². The molecule has 0 radical (unpaired) electrons. The molecule has 2 rings (SSSR count). The minimum atomic E-state index is -0.442. The number of carbonyl (C=O) groups is 1. The third-order valence-electron chi connectivity index (χ3n) is 2.71. The van der Waals surface area contributed by atoms with Crippen molar-refractivity contribution >= 4 is 17.5 Å². The summed E-state index contributed by atoms with van der Waals surface area (Å²) in [6, 6.07) is 7.49. The summed E-state index contributed by atoms with van der Waals surface area (Å²) < 4.78 is 13.0. The van der Waals surface area contributed by atoms with Crippen molar-refractivity contribution in [2.75, 3.05) is 6.54 Å². The summed E-state index contributed by atoms with van der Waals surface area (Å²) in [6.45, 7) is 0.360. The van der Waals surface area contributed by atoms with Crippen molar-refractivity contribution in [2.45, 2.75) is 6.42 Å². The zero-order chi connectivity index (χ0) is 14.5. The zero-order valence-electron chi connectivity index (χ0n) is 10.5. The molecule has 2 N–H and O–H groups in total. The fourth-order valence-electron chi connectivity index (χ4n) is 1.70. The van der Waals surface area contributed by atoms with Crippen molar-refractivity contribution < 1.29 is 9.18 Å². The number of benzene rings is 1. The molecule has 20 heavy (non-hydrogen) atoms. The number of pyridine rings is 1. The second kappa shape index (κ2) is 6.34. The highest BCUT2D eigenvalue weighted by molar-refractivity contribution is 6.30. The molecule has 1 amide bonds. The molecule has 0 aliphatic rings. The molecule has 104 valence electrons. The van der Waals surface area contributed by atoms with Gasteiger partial charge in [-0.1, -0.05) is 23.7 Å². The number of hydrogen-bond acceptors (Lipinski definition) is 2. The Morgan fingerprint density at radius 1 is 1.35 bits per heavy atom. The average Bonchev–Trinajstić information content (AvgIpc) is 2.42. The molecule has 0 aliphatic carbocycles. The Labute approximate surface area is 119 Å². The molecular formula is C14H12ClFN2O2. The molecule has 0 saturated carbocycles. The van der Waals surface area contributed by atoms with Gasteiger partial charge in [0.15, 0.2) is 0 Å². The van der Waals surface area contributed by atoms with Crippen molar-refractivity contribution in [1.82, 2.24) is 10.3 Å². The summed E-state index contributed by atoms with van der Waals surface area (Å²) in [5, 5.41) is 2.63. The number of H-pyrrole nitrogens is 1. The molecule has 0 aliphatic heterocycles. The maximum absolute atomic E-state index is 13.0. The number of amides is 1. The van der Waals surface area contributed by atoms with Crippen LogP contribution in [0.2, 0.25) is 5.02 Å². The molecule has 1 aromatic carbocycles. The highest BCUT2D eigenvalue weighted by Crippen LogP contribution is 2.05. The van der Waals surface area contributed by atoms with Crippen LogP contribution in [0.25, 0.3) is 0 Å². The Bertz CT molecular complexity index is 685. The molecule has 0 spiro atoms. The van der Waals surface area contributed by atoms with Gasteiger partial charge >= 0.3 is 0 Å². The lowest BCUT2D eigenvalue weighted by molar-refractivity contribution is 0.0953. The standard InChI is InChI=1S/C14H12ClFN2O2/c15-12-7-10(8-18-14(12)20)13(19)17-5-4-9-2-1-3-11(16)6-9/h1-3,6-8H,4-5H2,(H,17,19)(H,18,20). The summed E-state index contributed by atoms with van der Waals surface area (Å²) >= 11 is 5.64. The van der Waals surface area contributed by atoms with E-state index < -0.39 is 5.56 Å². The van der Waals surface area contributed by atoms with E-state index in [1.165, 1.54) is 24.4 Å². The van der Waals surface area contributed by atoms with Gasteiger partial charge in [0.25, 0.3) is 11.5 Å². The third-order valence-corrected chi connectivity index (χ3v) is 2.99. The smallest absolute Gasteiger partial charge is 0.266 e. The fraction of sp³-hybridized carbons (Fsp3) is 0.143. The van der Waals surface area contributed by atoms with Crippen LogP contribution in [0.15, 0.2) is 41.3 Å². The summed E-state index contributed by atoms with van der Waals surface area (Å²) in [6.07, 6.45) is 1.81. The lowest BCUT2D eigenvalue weighted by Crippen LogP contribution is -2.26. The van der Waals surface area contributed by atoms with E-state index in [1.54, 1.807) is 12.1 Å². The molecular weight excluding hydrogens is 283 g/mol. The van der Waals surface area contributed by atoms with Crippen molar-refractivity contribution in [3.05, 3.63) is 68.8 Å². The van der Waals surface area contributed by atoms with E-state index in [0.717, 1.165) is 5.56 Å². The Kier molecular flexibility index (Phi) is 4.53. The predicted octanol–water partition coefficient (Wildman–Crippen LogP) is 2.14. The first-order chi connectivity index (χ1) is 9.56. The zero-order valence-corrected chi connectivity index (χ0v) is 11.2. The van der Waals surface area contributed by atoms with Gasteiger partial charge in [0.05, 0.1) is 5.56 Å². The summed E-state index contributed by atoms with van der Waals surface area (Å²) in [5.74, 6) is -0.652. The Morgan fingerprint density at radius 3 is 2.85 bits per heavy atom. The second-order valence-electron chi connectivity index (χ2n) is 4.20. The highest BCUT2D eigenvalue weighted by Gasteiger charge is 2.07. The molecule has 4 nitrogen and oxygen atoms in total. The maximum Gasteiger partial charge on any atom is 0.266 e. The number of aromatic amines is 1. The number of hydrogen-bond donors (Lipinski definition) is 2. The van der Waals surface area contributed by atoms with Crippen LogP contribution in [0.5, 0.6) is 0 Å². The van der Waals surface area contributed by atoms with E-state index in [-0.39, 0.29) is 22.3 Å². The predicted molar refractivity (Wildman–Crippen MR) is 74.5 cm³/mol. The SMILES string of the molecule is O=C(NCCc1cccc(F)c1)c1c[nH]c(=O)c(Cl)c1. The molecule has 0 unspecified atom stereocenters. The van der Waals surface area contributed by atoms with Crippen LogP contribution in [0.4, 0.5) is 4.39 Å². The van der Waals surface area contributed by atoms with Crippen molar-refractivity contribution in [3.63, 3.8) is 0 Å². The number of nitrogens with one attached hydrogen (secondary N) is 2. The normalized spacial score (nSPS) is 10.3. The van der Waals surface area contributed by atoms with Gasteiger partial charge in [0.1, 0.15) is 10.8 Å². The number of carbonyl (C=O) groups excluding carboxylic acids is 1. The van der Waals surface area contributed by atoms with Gasteiger partial charge in [-0.3, -0.25) is 9.59 Å². The quantitative estimate of drug-likeness (QED) is 0.907. The molecule has 1 aromatic heterocycles. The first-order valence-corrected chi connectivity index (χ1v) is 6.35. The average molecular weight is 295 g/mol. The summed E-state index contributed by atoms with van der Waals surface area (Å²) in [4.78, 5) is 25.2. The van der Waals surface area contributed by atoms with E-state index in [0.29, 0.717) is 13.0 Å². The van der Waals surface area contributed by atoms with E-state index in [4.69, 9.17) is 11.6 Å².